The third-order valence-electron chi connectivity index (χ3n) is 7.72. The van der Waals surface area contributed by atoms with Gasteiger partial charge in [0.15, 0.2) is 17.4 Å². The highest BCUT2D eigenvalue weighted by atomic mass is 19.1. The van der Waals surface area contributed by atoms with Crippen LogP contribution in [0, 0.1) is 25.5 Å². The first kappa shape index (κ1) is 32.4. The molecule has 0 aromatic heterocycles. The number of unbranched alkanes of at least 4 members (excludes halogenated alkanes) is 2. The van der Waals surface area contributed by atoms with E-state index < -0.39 is 22.8 Å². The summed E-state index contributed by atoms with van der Waals surface area (Å²) in [4.78, 5) is 24.3. The van der Waals surface area contributed by atoms with Gasteiger partial charge >= 0.3 is 0 Å². The molecule has 1 heterocycles. The number of carbonyl (C=O) groups is 1. The van der Waals surface area contributed by atoms with Crippen LogP contribution in [-0.4, -0.2) is 37.3 Å². The maximum atomic E-state index is 14.5. The highest BCUT2D eigenvalue weighted by Crippen LogP contribution is 2.42. The summed E-state index contributed by atoms with van der Waals surface area (Å²) in [6.07, 6.45) is 3.14. The minimum Gasteiger partial charge on any atom is -0.505 e. The van der Waals surface area contributed by atoms with Crippen molar-refractivity contribution in [3.8, 4) is 39.7 Å². The number of phenolic OH excluding ortho intramolecular Hbond substituents is 1. The molecule has 46 heavy (non-hydrogen) atoms. The Kier molecular flexibility index (Phi) is 10.2. The summed E-state index contributed by atoms with van der Waals surface area (Å²) >= 11 is 0. The van der Waals surface area contributed by atoms with E-state index in [1.807, 2.05) is 38.1 Å². The maximum absolute atomic E-state index is 14.5. The summed E-state index contributed by atoms with van der Waals surface area (Å²) in [6.45, 7) is 5.54. The van der Waals surface area contributed by atoms with Gasteiger partial charge in [0, 0.05) is 35.2 Å². The van der Waals surface area contributed by atoms with Crippen LogP contribution in [0.15, 0.2) is 69.9 Å². The Balaban J connectivity index is 1.28. The average molecular weight is 631 g/mol. The first-order chi connectivity index (χ1) is 22.1. The zero-order valence-corrected chi connectivity index (χ0v) is 25.8. The third-order valence-corrected chi connectivity index (χ3v) is 7.72. The Morgan fingerprint density at radius 2 is 1.67 bits per heavy atom. The van der Waals surface area contributed by atoms with Gasteiger partial charge in [0.2, 0.25) is 11.3 Å². The van der Waals surface area contributed by atoms with Gasteiger partial charge in [-0.2, -0.15) is 0 Å². The molecular formula is C36H36F2N2O6. The topological polar surface area (TPSA) is 124 Å². The monoisotopic (exact) mass is 630 g/mol. The fourth-order valence-corrected chi connectivity index (χ4v) is 5.33. The number of hydrogen-bond acceptors (Lipinski definition) is 7. The Hall–Kier alpha value is -4.96. The first-order valence-corrected chi connectivity index (χ1v) is 15.2. The summed E-state index contributed by atoms with van der Waals surface area (Å²) in [5.74, 6) is -1.17. The van der Waals surface area contributed by atoms with Crippen molar-refractivity contribution < 1.29 is 32.6 Å². The van der Waals surface area contributed by atoms with Gasteiger partial charge < -0.3 is 30.0 Å². The average Bonchev–Trinajstić information content (AvgIpc) is 3.01. The number of nitrogens with two attached hydrogens (primary N) is 1. The summed E-state index contributed by atoms with van der Waals surface area (Å²) < 4.78 is 46.7. The number of aromatic hydroxyl groups is 1. The summed E-state index contributed by atoms with van der Waals surface area (Å²) in [6, 6.07) is 15.3. The number of nitrogens with one attached hydrogen (secondary N) is 1. The molecule has 3 aromatic carbocycles. The smallest absolute Gasteiger partial charge is 0.224 e. The highest BCUT2D eigenvalue weighted by Gasteiger charge is 2.22. The molecule has 0 bridgehead atoms. The molecule has 240 valence electrons. The van der Waals surface area contributed by atoms with E-state index in [1.165, 1.54) is 0 Å². The lowest BCUT2D eigenvalue weighted by atomic mass is 9.92. The first-order valence-electron chi connectivity index (χ1n) is 15.2. The van der Waals surface area contributed by atoms with E-state index in [4.69, 9.17) is 19.6 Å². The summed E-state index contributed by atoms with van der Waals surface area (Å²) in [5, 5.41) is 13.2. The molecule has 1 amide bonds. The van der Waals surface area contributed by atoms with Crippen LogP contribution < -0.4 is 26.0 Å². The second-order valence-electron chi connectivity index (χ2n) is 11.2. The summed E-state index contributed by atoms with van der Waals surface area (Å²) in [5.41, 5.74) is 8.66. The normalized spacial score (nSPS) is 11.2. The molecule has 0 saturated heterocycles. The maximum Gasteiger partial charge on any atom is 0.224 e. The molecule has 8 nitrogen and oxygen atoms in total. The number of carbonyl (C=O) groups excluding carboxylic acids is 1. The van der Waals surface area contributed by atoms with Crippen molar-refractivity contribution in [2.45, 2.75) is 39.5 Å². The van der Waals surface area contributed by atoms with Crippen molar-refractivity contribution in [3.05, 3.63) is 99.2 Å². The number of ether oxygens (including phenoxy) is 2. The number of rotatable bonds is 13. The van der Waals surface area contributed by atoms with Crippen LogP contribution in [0.1, 0.15) is 36.0 Å². The Labute approximate surface area is 265 Å². The lowest BCUT2D eigenvalue weighted by Gasteiger charge is -2.17. The van der Waals surface area contributed by atoms with Gasteiger partial charge in [-0.1, -0.05) is 30.7 Å². The number of halogens is 2. The van der Waals surface area contributed by atoms with Gasteiger partial charge in [0.1, 0.15) is 36.1 Å². The van der Waals surface area contributed by atoms with Crippen LogP contribution in [0.5, 0.6) is 17.2 Å². The van der Waals surface area contributed by atoms with Gasteiger partial charge in [-0.25, -0.2) is 8.78 Å². The van der Waals surface area contributed by atoms with Gasteiger partial charge in [-0.15, -0.1) is 0 Å². The van der Waals surface area contributed by atoms with Crippen LogP contribution in [0.3, 0.4) is 0 Å². The molecule has 0 atom stereocenters. The molecule has 0 radical (unpaired) electrons. The van der Waals surface area contributed by atoms with Crippen LogP contribution in [0.2, 0.25) is 0 Å². The minimum atomic E-state index is -0.969. The van der Waals surface area contributed by atoms with Crippen molar-refractivity contribution in [1.29, 1.82) is 0 Å². The van der Waals surface area contributed by atoms with Crippen molar-refractivity contribution in [3.63, 3.8) is 0 Å². The molecule has 0 spiro atoms. The molecule has 0 unspecified atom stereocenters. The Bertz CT molecular complexity index is 1900. The van der Waals surface area contributed by atoms with E-state index in [1.54, 1.807) is 12.1 Å². The number of fused-ring (bicyclic) bond motifs is 2. The minimum absolute atomic E-state index is 0.0266. The quantitative estimate of drug-likeness (QED) is 0.101. The second-order valence-corrected chi connectivity index (χ2v) is 11.2. The number of phenols is 1. The van der Waals surface area contributed by atoms with Gasteiger partial charge in [-0.05, 0) is 79.8 Å². The molecule has 1 aliphatic carbocycles. The summed E-state index contributed by atoms with van der Waals surface area (Å²) in [7, 11) is 0. The molecule has 10 heteroatoms. The largest absolute Gasteiger partial charge is 0.505 e. The molecule has 3 aromatic rings. The fraction of sp³-hybridized carbons (Fsp3) is 0.278. The van der Waals surface area contributed by atoms with Crippen molar-refractivity contribution in [1.82, 2.24) is 5.32 Å². The number of amides is 1. The predicted molar refractivity (Wildman–Crippen MR) is 173 cm³/mol. The van der Waals surface area contributed by atoms with E-state index in [9.17, 15) is 23.5 Å². The SMILES string of the molecule is Cc1cc(CC(=O)NCCCCCN)ccc1OCCOc1cc(-c2c3cc(F)c(=O)cc-3oc3cc(O)c(F)cc23)ccc1C. The van der Waals surface area contributed by atoms with E-state index in [2.05, 4.69) is 5.32 Å². The molecule has 0 fully saturated rings. The van der Waals surface area contributed by atoms with E-state index in [-0.39, 0.29) is 47.8 Å². The molecule has 0 saturated carbocycles. The van der Waals surface area contributed by atoms with E-state index in [0.29, 0.717) is 35.7 Å². The van der Waals surface area contributed by atoms with Gasteiger partial charge in [-0.3, -0.25) is 9.59 Å². The fourth-order valence-electron chi connectivity index (χ4n) is 5.33. The van der Waals surface area contributed by atoms with Crippen LogP contribution >= 0.6 is 0 Å². The van der Waals surface area contributed by atoms with Crippen LogP contribution in [0.4, 0.5) is 8.78 Å². The molecule has 2 aliphatic rings. The zero-order chi connectivity index (χ0) is 32.8. The lowest BCUT2D eigenvalue weighted by molar-refractivity contribution is -0.120. The van der Waals surface area contributed by atoms with E-state index in [0.717, 1.165) is 60.2 Å². The number of benzene rings is 4. The van der Waals surface area contributed by atoms with E-state index >= 15 is 0 Å². The molecule has 4 N–H and O–H groups in total. The molecular weight excluding hydrogens is 594 g/mol. The Morgan fingerprint density at radius 3 is 2.43 bits per heavy atom. The number of hydrogen-bond donors (Lipinski definition) is 3. The predicted octanol–water partition coefficient (Wildman–Crippen LogP) is 6.41. The van der Waals surface area contributed by atoms with Crippen molar-refractivity contribution in [2.24, 2.45) is 5.73 Å². The molecule has 1 aliphatic heterocycles. The van der Waals surface area contributed by atoms with Gasteiger partial charge in [0.25, 0.3) is 0 Å². The van der Waals surface area contributed by atoms with Crippen LogP contribution in [0.25, 0.3) is 33.4 Å². The van der Waals surface area contributed by atoms with Gasteiger partial charge in [0.05, 0.1) is 6.42 Å². The third kappa shape index (κ3) is 7.46. The van der Waals surface area contributed by atoms with Crippen molar-refractivity contribution in [2.75, 3.05) is 26.3 Å². The lowest BCUT2D eigenvalue weighted by Crippen LogP contribution is -2.26. The highest BCUT2D eigenvalue weighted by molar-refractivity contribution is 6.02. The second kappa shape index (κ2) is 14.4. The standard InChI is InChI=1S/C36H36F2N2O6/c1-21-6-8-24(36-25-17-27(37)29(41)19-33(25)46-34-20-30(42)28(38)18-26(34)36)16-32(21)45-13-12-44-31-9-7-23(14-22(31)2)15-35(43)40-11-5-3-4-10-39/h6-9,14,16-20,41H,3-5,10-13,15,39H2,1-2H3,(H,40,43). The Morgan fingerprint density at radius 1 is 0.891 bits per heavy atom. The van der Waals surface area contributed by atoms with Crippen molar-refractivity contribution >= 4 is 16.9 Å². The van der Waals surface area contributed by atoms with Crippen LogP contribution in [-0.2, 0) is 11.2 Å². The zero-order valence-electron chi connectivity index (χ0n) is 25.8. The number of aryl methyl sites for hydroxylation is 2. The molecule has 5 rings (SSSR count).